The van der Waals surface area contributed by atoms with Gasteiger partial charge in [-0.1, -0.05) is 17.7 Å². The largest absolute Gasteiger partial charge is 0.467 e. The summed E-state index contributed by atoms with van der Waals surface area (Å²) in [4.78, 5) is 31.7. The molecule has 1 atom stereocenters. The van der Waals surface area contributed by atoms with Crippen molar-refractivity contribution in [3.05, 3.63) is 77.3 Å². The zero-order valence-corrected chi connectivity index (χ0v) is 16.6. The molecule has 1 unspecified atom stereocenters. The molecule has 2 amide bonds. The van der Waals surface area contributed by atoms with Gasteiger partial charge in [-0.15, -0.1) is 0 Å². The molecule has 3 heterocycles. The number of nitrogens with one attached hydrogen (secondary N) is 1. The first kappa shape index (κ1) is 19.0. The summed E-state index contributed by atoms with van der Waals surface area (Å²) in [6, 6.07) is 11.1. The van der Waals surface area contributed by atoms with Gasteiger partial charge in [-0.25, -0.2) is 4.98 Å². The molecule has 0 fully saturated rings. The number of fused-ring (bicyclic) bond motifs is 1. The molecule has 0 aliphatic carbocycles. The van der Waals surface area contributed by atoms with Crippen LogP contribution in [0.4, 0.5) is 0 Å². The second-order valence-corrected chi connectivity index (χ2v) is 7.36. The molecule has 150 valence electrons. The number of rotatable bonds is 5. The summed E-state index contributed by atoms with van der Waals surface area (Å²) >= 11 is 0. The third-order valence-electron chi connectivity index (χ3n) is 5.19. The van der Waals surface area contributed by atoms with Crippen LogP contribution in [0.2, 0.25) is 0 Å². The van der Waals surface area contributed by atoms with Crippen molar-refractivity contribution in [1.29, 1.82) is 0 Å². The molecule has 0 saturated heterocycles. The first-order valence-electron chi connectivity index (χ1n) is 9.74. The van der Waals surface area contributed by atoms with Crippen molar-refractivity contribution in [1.82, 2.24) is 19.8 Å². The van der Waals surface area contributed by atoms with E-state index in [-0.39, 0.29) is 24.3 Å². The molecular formula is C22H24N4O3. The molecule has 0 radical (unpaired) electrons. The maximum absolute atomic E-state index is 13.0. The summed E-state index contributed by atoms with van der Waals surface area (Å²) in [5.41, 5.74) is 2.45. The van der Waals surface area contributed by atoms with Crippen molar-refractivity contribution < 1.29 is 14.0 Å². The SMILES string of the molecule is Cc1cccc(C(=O)N2CCn3cc(CC(=O)NCc4ccco4)nc3C2C)c1. The van der Waals surface area contributed by atoms with Crippen LogP contribution >= 0.6 is 0 Å². The zero-order valence-electron chi connectivity index (χ0n) is 16.6. The number of carbonyl (C=O) groups is 2. The summed E-state index contributed by atoms with van der Waals surface area (Å²) in [7, 11) is 0. The van der Waals surface area contributed by atoms with Crippen LogP contribution in [0.15, 0.2) is 53.3 Å². The smallest absolute Gasteiger partial charge is 0.254 e. The number of aromatic nitrogens is 2. The molecule has 7 nitrogen and oxygen atoms in total. The van der Waals surface area contributed by atoms with E-state index in [1.165, 1.54) is 0 Å². The van der Waals surface area contributed by atoms with Crippen LogP contribution < -0.4 is 5.32 Å². The Balaban J connectivity index is 1.43. The van der Waals surface area contributed by atoms with Crippen molar-refractivity contribution in [3.63, 3.8) is 0 Å². The van der Waals surface area contributed by atoms with Gasteiger partial charge in [-0.3, -0.25) is 9.59 Å². The summed E-state index contributed by atoms with van der Waals surface area (Å²) < 4.78 is 7.26. The van der Waals surface area contributed by atoms with E-state index in [4.69, 9.17) is 4.42 Å². The van der Waals surface area contributed by atoms with Crippen molar-refractivity contribution in [2.75, 3.05) is 6.54 Å². The topological polar surface area (TPSA) is 80.4 Å². The molecular weight excluding hydrogens is 368 g/mol. The van der Waals surface area contributed by atoms with Gasteiger partial charge in [0.2, 0.25) is 5.91 Å². The Kier molecular flexibility index (Phi) is 5.20. The molecule has 1 N–H and O–H groups in total. The minimum atomic E-state index is -0.156. The van der Waals surface area contributed by atoms with E-state index in [1.807, 2.05) is 59.8 Å². The lowest BCUT2D eigenvalue weighted by molar-refractivity contribution is -0.120. The van der Waals surface area contributed by atoms with Crippen molar-refractivity contribution in [2.24, 2.45) is 0 Å². The highest BCUT2D eigenvalue weighted by Gasteiger charge is 2.30. The highest BCUT2D eigenvalue weighted by molar-refractivity contribution is 5.94. The van der Waals surface area contributed by atoms with E-state index in [1.54, 1.807) is 12.3 Å². The number of carbonyl (C=O) groups excluding carboxylic acids is 2. The Bertz CT molecular complexity index is 1020. The Morgan fingerprint density at radius 1 is 1.24 bits per heavy atom. The predicted molar refractivity (Wildman–Crippen MR) is 107 cm³/mol. The molecule has 2 aromatic heterocycles. The van der Waals surface area contributed by atoms with E-state index < -0.39 is 0 Å². The van der Waals surface area contributed by atoms with E-state index in [2.05, 4.69) is 10.3 Å². The molecule has 0 saturated carbocycles. The van der Waals surface area contributed by atoms with Crippen molar-refractivity contribution in [2.45, 2.75) is 39.4 Å². The molecule has 4 rings (SSSR count). The number of aryl methyl sites for hydroxylation is 1. The lowest BCUT2D eigenvalue weighted by Gasteiger charge is -2.33. The molecule has 3 aromatic rings. The van der Waals surface area contributed by atoms with Gasteiger partial charge in [0, 0.05) is 24.8 Å². The van der Waals surface area contributed by atoms with Gasteiger partial charge in [-0.05, 0) is 38.1 Å². The third kappa shape index (κ3) is 4.08. The average Bonchev–Trinajstić information content (AvgIpc) is 3.36. The fourth-order valence-electron chi connectivity index (χ4n) is 3.68. The number of nitrogens with zero attached hydrogens (tertiary/aromatic N) is 3. The van der Waals surface area contributed by atoms with Gasteiger partial charge in [0.1, 0.15) is 11.6 Å². The summed E-state index contributed by atoms with van der Waals surface area (Å²) in [5.74, 6) is 1.41. The Labute approximate surface area is 169 Å². The number of amides is 2. The van der Waals surface area contributed by atoms with Crippen LogP contribution in [0, 0.1) is 6.92 Å². The van der Waals surface area contributed by atoms with Crippen LogP contribution in [-0.4, -0.2) is 32.8 Å². The van der Waals surface area contributed by atoms with Crippen molar-refractivity contribution >= 4 is 11.8 Å². The molecule has 7 heteroatoms. The Hall–Kier alpha value is -3.35. The Morgan fingerprint density at radius 2 is 2.10 bits per heavy atom. The number of imidazole rings is 1. The van der Waals surface area contributed by atoms with E-state index in [0.717, 1.165) is 11.4 Å². The third-order valence-corrected chi connectivity index (χ3v) is 5.19. The lowest BCUT2D eigenvalue weighted by atomic mass is 10.1. The average molecular weight is 392 g/mol. The number of benzene rings is 1. The van der Waals surface area contributed by atoms with Crippen LogP contribution in [0.25, 0.3) is 0 Å². The maximum Gasteiger partial charge on any atom is 0.254 e. The van der Waals surface area contributed by atoms with Crippen LogP contribution in [0.1, 0.15) is 46.2 Å². The second kappa shape index (κ2) is 7.95. The van der Waals surface area contributed by atoms with Crippen molar-refractivity contribution in [3.8, 4) is 0 Å². The molecule has 1 aliphatic heterocycles. The molecule has 1 aliphatic rings. The summed E-state index contributed by atoms with van der Waals surface area (Å²) in [6.07, 6.45) is 3.68. The molecule has 0 bridgehead atoms. The minimum Gasteiger partial charge on any atom is -0.467 e. The molecule has 29 heavy (non-hydrogen) atoms. The summed E-state index contributed by atoms with van der Waals surface area (Å²) in [6.45, 7) is 5.59. The zero-order chi connectivity index (χ0) is 20.4. The van der Waals surface area contributed by atoms with Crippen LogP contribution in [0.3, 0.4) is 0 Å². The van der Waals surface area contributed by atoms with Gasteiger partial charge < -0.3 is 19.2 Å². The second-order valence-electron chi connectivity index (χ2n) is 7.36. The lowest BCUT2D eigenvalue weighted by Crippen LogP contribution is -2.41. The standard InChI is InChI=1S/C22H24N4O3/c1-15-5-3-6-17(11-15)22(28)26-9-8-25-14-18(24-21(25)16(26)2)12-20(27)23-13-19-7-4-10-29-19/h3-7,10-11,14,16H,8-9,12-13H2,1-2H3,(H,23,27). The first-order valence-corrected chi connectivity index (χ1v) is 9.74. The molecule has 1 aromatic carbocycles. The van der Waals surface area contributed by atoms with Gasteiger partial charge in [0.25, 0.3) is 5.91 Å². The van der Waals surface area contributed by atoms with Gasteiger partial charge >= 0.3 is 0 Å². The summed E-state index contributed by atoms with van der Waals surface area (Å²) in [5, 5.41) is 2.83. The van der Waals surface area contributed by atoms with Gasteiger partial charge in [0.05, 0.1) is 31.0 Å². The number of hydrogen-bond donors (Lipinski definition) is 1. The normalized spacial score (nSPS) is 15.8. The quantitative estimate of drug-likeness (QED) is 0.724. The van der Waals surface area contributed by atoms with Crippen LogP contribution in [0.5, 0.6) is 0 Å². The highest BCUT2D eigenvalue weighted by atomic mass is 16.3. The van der Waals surface area contributed by atoms with Gasteiger partial charge in [0.15, 0.2) is 0 Å². The number of hydrogen-bond acceptors (Lipinski definition) is 4. The predicted octanol–water partition coefficient (Wildman–Crippen LogP) is 2.86. The van der Waals surface area contributed by atoms with E-state index in [0.29, 0.717) is 36.7 Å². The Morgan fingerprint density at radius 3 is 2.86 bits per heavy atom. The maximum atomic E-state index is 13.0. The fraction of sp³-hybridized carbons (Fsp3) is 0.318. The first-order chi connectivity index (χ1) is 14.0. The van der Waals surface area contributed by atoms with E-state index in [9.17, 15) is 9.59 Å². The molecule has 0 spiro atoms. The van der Waals surface area contributed by atoms with E-state index >= 15 is 0 Å². The van der Waals surface area contributed by atoms with Gasteiger partial charge in [-0.2, -0.15) is 0 Å². The minimum absolute atomic E-state index is 0.00758. The van der Waals surface area contributed by atoms with Crippen LogP contribution in [-0.2, 0) is 24.3 Å². The fourth-order valence-corrected chi connectivity index (χ4v) is 3.68. The monoisotopic (exact) mass is 392 g/mol. The number of furan rings is 1. The highest BCUT2D eigenvalue weighted by Crippen LogP contribution is 2.26.